The Hall–Kier alpha value is -2.25. The van der Waals surface area contributed by atoms with Crippen LogP contribution in [0.4, 0.5) is 0 Å². The van der Waals surface area contributed by atoms with Crippen LogP contribution in [-0.2, 0) is 11.3 Å². The van der Waals surface area contributed by atoms with Crippen LogP contribution in [0.5, 0.6) is 0 Å². The smallest absolute Gasteiger partial charge is 0.277 e. The van der Waals surface area contributed by atoms with E-state index in [1.54, 1.807) is 12.1 Å². The van der Waals surface area contributed by atoms with Gasteiger partial charge in [0.15, 0.2) is 0 Å². The maximum Gasteiger partial charge on any atom is 0.277 e. The van der Waals surface area contributed by atoms with Crippen LogP contribution in [0.25, 0.3) is 11.3 Å². The predicted octanol–water partition coefficient (Wildman–Crippen LogP) is 4.51. The van der Waals surface area contributed by atoms with E-state index in [-0.39, 0.29) is 17.6 Å². The molecule has 1 N–H and O–H groups in total. The van der Waals surface area contributed by atoms with E-state index in [0.717, 1.165) is 11.3 Å². The van der Waals surface area contributed by atoms with E-state index in [9.17, 15) is 4.79 Å². The number of benzene rings is 1. The number of hydrogen-bond acceptors (Lipinski definition) is 6. The molecular formula is C18H18ClN3O3S. The lowest BCUT2D eigenvalue weighted by atomic mass is 10.2. The van der Waals surface area contributed by atoms with Crippen LogP contribution in [0.15, 0.2) is 50.5 Å². The maximum atomic E-state index is 12.0. The normalized spacial score (nSPS) is 11.1. The van der Waals surface area contributed by atoms with Crippen molar-refractivity contribution in [3.8, 4) is 11.3 Å². The predicted molar refractivity (Wildman–Crippen MR) is 100 cm³/mol. The van der Waals surface area contributed by atoms with Crippen LogP contribution in [0.3, 0.4) is 0 Å². The van der Waals surface area contributed by atoms with Crippen LogP contribution >= 0.6 is 23.4 Å². The Bertz CT molecular complexity index is 874. The fourth-order valence-electron chi connectivity index (χ4n) is 2.12. The van der Waals surface area contributed by atoms with Crippen molar-refractivity contribution >= 4 is 29.3 Å². The molecule has 0 fully saturated rings. The molecule has 26 heavy (non-hydrogen) atoms. The van der Waals surface area contributed by atoms with E-state index in [2.05, 4.69) is 15.5 Å². The second-order valence-electron chi connectivity index (χ2n) is 5.90. The molecule has 6 nitrogen and oxygen atoms in total. The Kier molecular flexibility index (Phi) is 6.00. The highest BCUT2D eigenvalue weighted by molar-refractivity contribution is 7.99. The van der Waals surface area contributed by atoms with Crippen molar-refractivity contribution in [1.82, 2.24) is 15.5 Å². The molecule has 0 saturated heterocycles. The number of nitrogens with zero attached hydrogens (tertiary/aromatic N) is 2. The molecule has 1 aromatic carbocycles. The quantitative estimate of drug-likeness (QED) is 0.596. The van der Waals surface area contributed by atoms with Gasteiger partial charge in [-0.2, -0.15) is 0 Å². The van der Waals surface area contributed by atoms with E-state index >= 15 is 0 Å². The largest absolute Gasteiger partial charge is 0.459 e. The van der Waals surface area contributed by atoms with Crippen molar-refractivity contribution in [2.24, 2.45) is 0 Å². The third kappa shape index (κ3) is 4.89. The Morgan fingerprint density at radius 1 is 1.15 bits per heavy atom. The molecular weight excluding hydrogens is 374 g/mol. The monoisotopic (exact) mass is 391 g/mol. The lowest BCUT2D eigenvalue weighted by Crippen LogP contribution is -2.24. The van der Waals surface area contributed by atoms with E-state index in [0.29, 0.717) is 28.4 Å². The molecule has 0 saturated carbocycles. The summed E-state index contributed by atoms with van der Waals surface area (Å²) in [6, 6.07) is 11.1. The summed E-state index contributed by atoms with van der Waals surface area (Å²) in [4.78, 5) is 12.0. The molecule has 0 bridgehead atoms. The van der Waals surface area contributed by atoms with Crippen LogP contribution in [0.2, 0.25) is 5.02 Å². The molecule has 0 spiro atoms. The Labute approximate surface area is 160 Å². The molecule has 0 atom stereocenters. The van der Waals surface area contributed by atoms with Crippen molar-refractivity contribution in [2.45, 2.75) is 31.5 Å². The molecule has 0 aliphatic rings. The first-order valence-electron chi connectivity index (χ1n) is 8.09. The van der Waals surface area contributed by atoms with Crippen LogP contribution in [0.1, 0.15) is 31.4 Å². The zero-order valence-corrected chi connectivity index (χ0v) is 15.9. The molecule has 0 aliphatic heterocycles. The minimum atomic E-state index is -0.135. The molecule has 136 valence electrons. The average Bonchev–Trinajstić information content (AvgIpc) is 3.28. The zero-order valence-electron chi connectivity index (χ0n) is 14.4. The molecule has 0 radical (unpaired) electrons. The second-order valence-corrected chi connectivity index (χ2v) is 7.26. The fourth-order valence-corrected chi connectivity index (χ4v) is 2.84. The number of nitrogens with one attached hydrogen (secondary N) is 1. The van der Waals surface area contributed by atoms with Crippen molar-refractivity contribution in [2.75, 3.05) is 5.75 Å². The van der Waals surface area contributed by atoms with Gasteiger partial charge in [0.05, 0.1) is 12.3 Å². The standard InChI is InChI=1S/C18H18ClN3O3S/c1-11(2)17-21-22-18(25-17)26-10-16(23)20-9-14-7-8-15(24-14)12-3-5-13(19)6-4-12/h3-8,11H,9-10H2,1-2H3,(H,20,23). The number of thioether (sulfide) groups is 1. The summed E-state index contributed by atoms with van der Waals surface area (Å²) in [6.45, 7) is 4.25. The van der Waals surface area contributed by atoms with Gasteiger partial charge in [-0.15, -0.1) is 10.2 Å². The van der Waals surface area contributed by atoms with E-state index in [1.807, 2.05) is 38.1 Å². The van der Waals surface area contributed by atoms with Gasteiger partial charge in [-0.1, -0.05) is 37.2 Å². The highest BCUT2D eigenvalue weighted by atomic mass is 35.5. The topological polar surface area (TPSA) is 81.2 Å². The molecule has 1 amide bonds. The summed E-state index contributed by atoms with van der Waals surface area (Å²) >= 11 is 7.09. The summed E-state index contributed by atoms with van der Waals surface area (Å²) in [7, 11) is 0. The summed E-state index contributed by atoms with van der Waals surface area (Å²) in [5, 5.41) is 11.7. The van der Waals surface area contributed by atoms with Gasteiger partial charge in [0.1, 0.15) is 11.5 Å². The first-order chi connectivity index (χ1) is 12.5. The van der Waals surface area contributed by atoms with Crippen LogP contribution < -0.4 is 5.32 Å². The second kappa shape index (κ2) is 8.42. The lowest BCUT2D eigenvalue weighted by molar-refractivity contribution is -0.118. The molecule has 8 heteroatoms. The number of carbonyl (C=O) groups excluding carboxylic acids is 1. The fraction of sp³-hybridized carbons (Fsp3) is 0.278. The third-order valence-corrected chi connectivity index (χ3v) is 4.56. The molecule has 2 heterocycles. The highest BCUT2D eigenvalue weighted by Crippen LogP contribution is 2.24. The van der Waals surface area contributed by atoms with Crippen molar-refractivity contribution in [3.05, 3.63) is 53.1 Å². The van der Waals surface area contributed by atoms with Gasteiger partial charge in [0, 0.05) is 16.5 Å². The van der Waals surface area contributed by atoms with Gasteiger partial charge in [0.2, 0.25) is 11.8 Å². The average molecular weight is 392 g/mol. The van der Waals surface area contributed by atoms with Crippen molar-refractivity contribution < 1.29 is 13.6 Å². The summed E-state index contributed by atoms with van der Waals surface area (Å²) in [6.07, 6.45) is 0. The van der Waals surface area contributed by atoms with Gasteiger partial charge in [-0.3, -0.25) is 4.79 Å². The minimum absolute atomic E-state index is 0.135. The number of furan rings is 1. The zero-order chi connectivity index (χ0) is 18.5. The van der Waals surface area contributed by atoms with E-state index in [4.69, 9.17) is 20.4 Å². The van der Waals surface area contributed by atoms with E-state index in [1.165, 1.54) is 11.8 Å². The molecule has 3 aromatic rings. The SMILES string of the molecule is CC(C)c1nnc(SCC(=O)NCc2ccc(-c3ccc(Cl)cc3)o2)o1. The summed E-state index contributed by atoms with van der Waals surface area (Å²) in [5.41, 5.74) is 0.930. The van der Waals surface area contributed by atoms with Gasteiger partial charge in [0.25, 0.3) is 5.22 Å². The molecule has 3 rings (SSSR count). The van der Waals surface area contributed by atoms with Crippen molar-refractivity contribution in [1.29, 1.82) is 0 Å². The number of halogens is 1. The minimum Gasteiger partial charge on any atom is -0.459 e. The van der Waals surface area contributed by atoms with Gasteiger partial charge in [-0.25, -0.2) is 0 Å². The first-order valence-corrected chi connectivity index (χ1v) is 9.45. The van der Waals surface area contributed by atoms with Crippen LogP contribution in [0, 0.1) is 0 Å². The van der Waals surface area contributed by atoms with Gasteiger partial charge < -0.3 is 14.2 Å². The molecule has 0 unspecified atom stereocenters. The molecule has 0 aliphatic carbocycles. The maximum absolute atomic E-state index is 12.0. The Morgan fingerprint density at radius 2 is 1.92 bits per heavy atom. The Morgan fingerprint density at radius 3 is 2.62 bits per heavy atom. The third-order valence-electron chi connectivity index (χ3n) is 3.49. The highest BCUT2D eigenvalue weighted by Gasteiger charge is 2.12. The summed E-state index contributed by atoms with van der Waals surface area (Å²) in [5.74, 6) is 2.20. The summed E-state index contributed by atoms with van der Waals surface area (Å²) < 4.78 is 11.2. The van der Waals surface area contributed by atoms with Gasteiger partial charge in [-0.05, 0) is 36.4 Å². The first kappa shape index (κ1) is 18.5. The van der Waals surface area contributed by atoms with E-state index < -0.39 is 0 Å². The number of rotatable bonds is 7. The number of aromatic nitrogens is 2. The van der Waals surface area contributed by atoms with Gasteiger partial charge >= 0.3 is 0 Å². The number of carbonyl (C=O) groups is 1. The lowest BCUT2D eigenvalue weighted by Gasteiger charge is -2.02. The Balaban J connectivity index is 1.47. The van der Waals surface area contributed by atoms with Crippen molar-refractivity contribution in [3.63, 3.8) is 0 Å². The number of amides is 1. The number of hydrogen-bond donors (Lipinski definition) is 1. The van der Waals surface area contributed by atoms with Crippen LogP contribution in [-0.4, -0.2) is 21.9 Å². The molecule has 2 aromatic heterocycles.